The van der Waals surface area contributed by atoms with Gasteiger partial charge in [-0.3, -0.25) is 9.52 Å². The summed E-state index contributed by atoms with van der Waals surface area (Å²) in [4.78, 5) is 12.5. The molecule has 178 valence electrons. The van der Waals surface area contributed by atoms with E-state index in [1.165, 1.54) is 25.3 Å². The van der Waals surface area contributed by atoms with Crippen LogP contribution in [-0.4, -0.2) is 40.7 Å². The third-order valence-corrected chi connectivity index (χ3v) is 6.72. The van der Waals surface area contributed by atoms with Crippen LogP contribution in [0.4, 0.5) is 5.69 Å². The number of carbonyl (C=O) groups is 1. The number of para-hydroxylation sites is 1. The molecule has 34 heavy (non-hydrogen) atoms. The maximum Gasteiger partial charge on any atom is 0.265 e. The van der Waals surface area contributed by atoms with E-state index >= 15 is 0 Å². The predicted molar refractivity (Wildman–Crippen MR) is 128 cm³/mol. The Labute approximate surface area is 198 Å². The molecule has 0 radical (unpaired) electrons. The van der Waals surface area contributed by atoms with Crippen molar-refractivity contribution >= 4 is 21.6 Å². The predicted octanol–water partition coefficient (Wildman–Crippen LogP) is 4.20. The van der Waals surface area contributed by atoms with Gasteiger partial charge in [-0.15, -0.1) is 0 Å². The molecular weight excluding hydrogens is 456 g/mol. The van der Waals surface area contributed by atoms with E-state index in [1.54, 1.807) is 24.3 Å². The molecule has 4 rings (SSSR count). The number of methoxy groups -OCH3 is 1. The summed E-state index contributed by atoms with van der Waals surface area (Å²) in [5.74, 6) is 0.996. The Morgan fingerprint density at radius 3 is 2.44 bits per heavy atom. The molecule has 1 unspecified atom stereocenters. The van der Waals surface area contributed by atoms with Crippen LogP contribution in [0.1, 0.15) is 23.2 Å². The molecule has 3 aromatic rings. The molecule has 1 fully saturated rings. The van der Waals surface area contributed by atoms with Crippen LogP contribution >= 0.6 is 0 Å². The molecule has 0 bridgehead atoms. The third kappa shape index (κ3) is 5.86. The van der Waals surface area contributed by atoms with Gasteiger partial charge in [0.25, 0.3) is 15.9 Å². The summed E-state index contributed by atoms with van der Waals surface area (Å²) in [6.07, 6.45) is 1.85. The van der Waals surface area contributed by atoms with Crippen molar-refractivity contribution < 1.29 is 27.4 Å². The average molecular weight is 483 g/mol. The Morgan fingerprint density at radius 2 is 1.76 bits per heavy atom. The number of rotatable bonds is 9. The van der Waals surface area contributed by atoms with Crippen LogP contribution in [0.15, 0.2) is 77.7 Å². The van der Waals surface area contributed by atoms with Crippen molar-refractivity contribution in [3.63, 3.8) is 0 Å². The third-order valence-electron chi connectivity index (χ3n) is 5.32. The van der Waals surface area contributed by atoms with Gasteiger partial charge in [0.2, 0.25) is 0 Å². The maximum absolute atomic E-state index is 13.1. The van der Waals surface area contributed by atoms with Gasteiger partial charge in [-0.2, -0.15) is 0 Å². The lowest BCUT2D eigenvalue weighted by molar-refractivity contribution is 0.0857. The molecule has 2 N–H and O–H groups in total. The Kier molecular flexibility index (Phi) is 7.34. The van der Waals surface area contributed by atoms with E-state index in [4.69, 9.17) is 14.2 Å². The number of sulfonamides is 1. The van der Waals surface area contributed by atoms with Gasteiger partial charge in [-0.1, -0.05) is 18.2 Å². The lowest BCUT2D eigenvalue weighted by Gasteiger charge is -2.14. The monoisotopic (exact) mass is 482 g/mol. The quantitative estimate of drug-likeness (QED) is 0.474. The van der Waals surface area contributed by atoms with E-state index < -0.39 is 10.0 Å². The van der Waals surface area contributed by atoms with Gasteiger partial charge in [0.15, 0.2) is 0 Å². The summed E-state index contributed by atoms with van der Waals surface area (Å²) >= 11 is 0. The zero-order valence-corrected chi connectivity index (χ0v) is 19.5. The van der Waals surface area contributed by atoms with E-state index in [1.807, 2.05) is 30.3 Å². The number of amides is 1. The second-order valence-electron chi connectivity index (χ2n) is 7.76. The van der Waals surface area contributed by atoms with E-state index in [0.717, 1.165) is 12.8 Å². The Bertz CT molecular complexity index is 1220. The number of ether oxygens (including phenoxy) is 3. The lowest BCUT2D eigenvalue weighted by Crippen LogP contribution is -2.31. The van der Waals surface area contributed by atoms with Gasteiger partial charge < -0.3 is 19.5 Å². The van der Waals surface area contributed by atoms with Crippen molar-refractivity contribution in [3.8, 4) is 17.2 Å². The first kappa shape index (κ1) is 23.6. The zero-order valence-electron chi connectivity index (χ0n) is 18.7. The fraction of sp³-hybridized carbons (Fsp3) is 0.240. The molecule has 0 aliphatic carbocycles. The summed E-state index contributed by atoms with van der Waals surface area (Å²) < 4.78 is 45.3. The Hall–Kier alpha value is -3.56. The second-order valence-corrected chi connectivity index (χ2v) is 9.41. The van der Waals surface area contributed by atoms with Crippen LogP contribution in [0.5, 0.6) is 17.2 Å². The molecule has 1 atom stereocenters. The Balaban J connectivity index is 1.48. The minimum Gasteiger partial charge on any atom is -0.495 e. The van der Waals surface area contributed by atoms with E-state index in [-0.39, 0.29) is 28.2 Å². The average Bonchev–Trinajstić information content (AvgIpc) is 3.37. The number of hydrogen-bond acceptors (Lipinski definition) is 6. The number of benzene rings is 3. The molecule has 0 saturated carbocycles. The fourth-order valence-corrected chi connectivity index (χ4v) is 4.82. The lowest BCUT2D eigenvalue weighted by atomic mass is 10.2. The smallest absolute Gasteiger partial charge is 0.265 e. The van der Waals surface area contributed by atoms with E-state index in [0.29, 0.717) is 30.3 Å². The van der Waals surface area contributed by atoms with E-state index in [2.05, 4.69) is 10.0 Å². The number of hydrogen-bond donors (Lipinski definition) is 2. The van der Waals surface area contributed by atoms with Gasteiger partial charge in [0, 0.05) is 24.4 Å². The van der Waals surface area contributed by atoms with Crippen molar-refractivity contribution in [1.29, 1.82) is 0 Å². The molecule has 1 saturated heterocycles. The van der Waals surface area contributed by atoms with Gasteiger partial charge in [0.1, 0.15) is 22.1 Å². The van der Waals surface area contributed by atoms with Crippen molar-refractivity contribution in [2.24, 2.45) is 0 Å². The molecule has 1 amide bonds. The standard InChI is InChI=1S/C25H26N2O6S/c1-31-23-14-9-18(25(28)26-17-22-8-5-15-32-22)16-24(23)34(29,30)27-19-10-12-21(13-11-19)33-20-6-3-2-4-7-20/h2-4,6-7,9-14,16,22,27H,5,8,15,17H2,1H3,(H,26,28). The SMILES string of the molecule is COc1ccc(C(=O)NCC2CCCO2)cc1S(=O)(=O)Nc1ccc(Oc2ccccc2)cc1. The van der Waals surface area contributed by atoms with Crippen molar-refractivity contribution in [2.45, 2.75) is 23.8 Å². The van der Waals surface area contributed by atoms with Gasteiger partial charge in [-0.25, -0.2) is 8.42 Å². The van der Waals surface area contributed by atoms with Crippen molar-refractivity contribution in [1.82, 2.24) is 5.32 Å². The van der Waals surface area contributed by atoms with Crippen LogP contribution < -0.4 is 19.5 Å². The second kappa shape index (κ2) is 10.6. The van der Waals surface area contributed by atoms with Gasteiger partial charge in [0.05, 0.1) is 13.2 Å². The van der Waals surface area contributed by atoms with Crippen LogP contribution in [-0.2, 0) is 14.8 Å². The molecule has 0 spiro atoms. The Morgan fingerprint density at radius 1 is 1.03 bits per heavy atom. The molecule has 1 heterocycles. The molecule has 1 aliphatic heterocycles. The highest BCUT2D eigenvalue weighted by molar-refractivity contribution is 7.92. The molecule has 1 aliphatic rings. The first-order valence-electron chi connectivity index (χ1n) is 10.9. The number of carbonyl (C=O) groups excluding carboxylic acids is 1. The highest BCUT2D eigenvalue weighted by Gasteiger charge is 2.23. The first-order chi connectivity index (χ1) is 16.4. The molecule has 3 aromatic carbocycles. The highest BCUT2D eigenvalue weighted by atomic mass is 32.2. The topological polar surface area (TPSA) is 103 Å². The normalized spacial score (nSPS) is 15.5. The molecule has 9 heteroatoms. The summed E-state index contributed by atoms with van der Waals surface area (Å²) in [7, 11) is -2.66. The molecule has 8 nitrogen and oxygen atoms in total. The van der Waals surface area contributed by atoms with Crippen molar-refractivity contribution in [3.05, 3.63) is 78.4 Å². The van der Waals surface area contributed by atoms with Crippen LogP contribution in [0.2, 0.25) is 0 Å². The summed E-state index contributed by atoms with van der Waals surface area (Å²) in [6, 6.07) is 20.1. The summed E-state index contributed by atoms with van der Waals surface area (Å²) in [5.41, 5.74) is 0.557. The van der Waals surface area contributed by atoms with Gasteiger partial charge in [-0.05, 0) is 67.4 Å². The zero-order chi connectivity index (χ0) is 24.0. The van der Waals surface area contributed by atoms with Crippen LogP contribution in [0, 0.1) is 0 Å². The number of anilines is 1. The molecular formula is C25H26N2O6S. The highest BCUT2D eigenvalue weighted by Crippen LogP contribution is 2.28. The van der Waals surface area contributed by atoms with Crippen LogP contribution in [0.3, 0.4) is 0 Å². The van der Waals surface area contributed by atoms with Crippen LogP contribution in [0.25, 0.3) is 0 Å². The minimum absolute atomic E-state index is 0.0130. The fourth-order valence-electron chi connectivity index (χ4n) is 3.57. The van der Waals surface area contributed by atoms with E-state index in [9.17, 15) is 13.2 Å². The summed E-state index contributed by atoms with van der Waals surface area (Å²) in [6.45, 7) is 1.07. The van der Waals surface area contributed by atoms with Gasteiger partial charge >= 0.3 is 0 Å². The van der Waals surface area contributed by atoms with Crippen molar-refractivity contribution in [2.75, 3.05) is 25.0 Å². The number of nitrogens with one attached hydrogen (secondary N) is 2. The largest absolute Gasteiger partial charge is 0.495 e. The first-order valence-corrected chi connectivity index (χ1v) is 12.4. The summed E-state index contributed by atoms with van der Waals surface area (Å²) in [5, 5.41) is 2.80. The maximum atomic E-state index is 13.1. The minimum atomic E-state index is -4.03. The molecule has 0 aromatic heterocycles.